The maximum Gasteiger partial charge on any atom is 0.516 e. The van der Waals surface area contributed by atoms with Crippen molar-refractivity contribution >= 4 is 26.7 Å². The predicted octanol–water partition coefficient (Wildman–Crippen LogP) is 6.84. The highest BCUT2D eigenvalue weighted by Crippen LogP contribution is 2.33. The first-order valence-electron chi connectivity index (χ1n) is 11.8. The summed E-state index contributed by atoms with van der Waals surface area (Å²) >= 11 is 0. The van der Waals surface area contributed by atoms with Crippen LogP contribution in [-0.4, -0.2) is 23.5 Å². The number of sulfonamides is 1. The van der Waals surface area contributed by atoms with Crippen molar-refractivity contribution < 1.29 is 21.6 Å². The number of alkyl halides is 3. The highest BCUT2D eigenvalue weighted by molar-refractivity contribution is 7.93. The molecule has 0 amide bonds. The van der Waals surface area contributed by atoms with Crippen molar-refractivity contribution in [2.24, 2.45) is 0 Å². The molecular weight excluding hydrogens is 487 g/mol. The summed E-state index contributed by atoms with van der Waals surface area (Å²) in [4.78, 5) is 4.89. The van der Waals surface area contributed by atoms with Crippen molar-refractivity contribution in [2.75, 3.05) is 4.72 Å². The van der Waals surface area contributed by atoms with E-state index in [-0.39, 0.29) is 5.69 Å². The lowest BCUT2D eigenvalue weighted by atomic mass is 10.0. The second-order valence-electron chi connectivity index (χ2n) is 8.79. The van der Waals surface area contributed by atoms with Gasteiger partial charge in [-0.15, -0.1) is 0 Å². The molecule has 0 spiro atoms. The zero-order chi connectivity index (χ0) is 26.1. The van der Waals surface area contributed by atoms with Crippen molar-refractivity contribution in [1.82, 2.24) is 9.55 Å². The molecule has 2 aromatic heterocycles. The number of para-hydroxylation sites is 1. The van der Waals surface area contributed by atoms with E-state index in [1.54, 1.807) is 29.0 Å². The third-order valence-electron chi connectivity index (χ3n) is 6.16. The first-order valence-corrected chi connectivity index (χ1v) is 13.3. The molecule has 0 atom stereocenters. The second kappa shape index (κ2) is 9.97. The van der Waals surface area contributed by atoms with Gasteiger partial charge in [0.1, 0.15) is 5.65 Å². The number of nitrogens with zero attached hydrogens (tertiary/aromatic N) is 2. The number of fused-ring (bicyclic) bond motifs is 1. The Labute approximate surface area is 209 Å². The summed E-state index contributed by atoms with van der Waals surface area (Å²) in [6.45, 7) is 6.92. The number of nitrogens with one attached hydrogen (secondary N) is 1. The highest BCUT2D eigenvalue weighted by atomic mass is 32.2. The molecule has 4 rings (SSSR count). The van der Waals surface area contributed by atoms with Gasteiger partial charge in [0.25, 0.3) is 0 Å². The molecule has 0 bridgehead atoms. The van der Waals surface area contributed by atoms with E-state index in [1.807, 2.05) is 12.1 Å². The summed E-state index contributed by atoms with van der Waals surface area (Å²) in [6, 6.07) is 17.8. The average Bonchev–Trinajstić information content (AvgIpc) is 3.17. The molecule has 0 unspecified atom stereocenters. The number of benzene rings is 2. The third kappa shape index (κ3) is 5.11. The zero-order valence-electron chi connectivity index (χ0n) is 20.4. The maximum absolute atomic E-state index is 12.9. The number of anilines is 1. The summed E-state index contributed by atoms with van der Waals surface area (Å²) in [5.41, 5.74) is 0.825. The molecule has 0 fully saturated rings. The van der Waals surface area contributed by atoms with Crippen LogP contribution in [0.3, 0.4) is 0 Å². The van der Waals surface area contributed by atoms with E-state index in [0.29, 0.717) is 17.7 Å². The first kappa shape index (κ1) is 25.8. The molecule has 0 saturated carbocycles. The lowest BCUT2D eigenvalue weighted by Gasteiger charge is -2.15. The van der Waals surface area contributed by atoms with Crippen LogP contribution in [0.5, 0.6) is 0 Å². The number of hydrogen-bond donors (Lipinski definition) is 1. The summed E-state index contributed by atoms with van der Waals surface area (Å²) in [5, 5.41) is 1.14. The molecular formula is C27H28F3N3O2S. The summed E-state index contributed by atoms with van der Waals surface area (Å²) in [5.74, 6) is 0. The number of rotatable bonds is 8. The fourth-order valence-corrected chi connectivity index (χ4v) is 4.90. The SMILES string of the molecule is CCCc1cc2c(C)cc(CC)nc2n1Cc1ccc(-c2ccccc2NS(=O)(=O)C(F)(F)F)cc1. The van der Waals surface area contributed by atoms with E-state index >= 15 is 0 Å². The Hall–Kier alpha value is -3.33. The van der Waals surface area contributed by atoms with Crippen molar-refractivity contribution in [1.29, 1.82) is 0 Å². The molecule has 2 heterocycles. The Morgan fingerprint density at radius 3 is 2.33 bits per heavy atom. The molecule has 0 radical (unpaired) electrons. The number of hydrogen-bond acceptors (Lipinski definition) is 3. The normalized spacial score (nSPS) is 12.3. The van der Waals surface area contributed by atoms with Crippen LogP contribution in [0.25, 0.3) is 22.2 Å². The quantitative estimate of drug-likeness (QED) is 0.280. The van der Waals surface area contributed by atoms with Crippen LogP contribution in [0.2, 0.25) is 0 Å². The number of aromatic nitrogens is 2. The largest absolute Gasteiger partial charge is 0.516 e. The van der Waals surface area contributed by atoms with Gasteiger partial charge in [-0.2, -0.15) is 21.6 Å². The summed E-state index contributed by atoms with van der Waals surface area (Å²) in [6.07, 6.45) is 2.76. The Balaban J connectivity index is 1.68. The van der Waals surface area contributed by atoms with Crippen LogP contribution >= 0.6 is 0 Å². The minimum atomic E-state index is -5.52. The van der Waals surface area contributed by atoms with Gasteiger partial charge >= 0.3 is 15.5 Å². The molecule has 5 nitrogen and oxygen atoms in total. The van der Waals surface area contributed by atoms with Gasteiger partial charge in [-0.25, -0.2) is 4.98 Å². The fourth-order valence-electron chi connectivity index (χ4n) is 4.32. The van der Waals surface area contributed by atoms with E-state index in [9.17, 15) is 21.6 Å². The van der Waals surface area contributed by atoms with Gasteiger partial charge in [0.15, 0.2) is 0 Å². The molecule has 1 N–H and O–H groups in total. The number of pyridine rings is 1. The Morgan fingerprint density at radius 2 is 1.69 bits per heavy atom. The Morgan fingerprint density at radius 1 is 1.00 bits per heavy atom. The van der Waals surface area contributed by atoms with Crippen molar-refractivity contribution in [3.8, 4) is 11.1 Å². The van der Waals surface area contributed by atoms with E-state index < -0.39 is 15.5 Å². The summed E-state index contributed by atoms with van der Waals surface area (Å²) < 4.78 is 65.9. The standard InChI is InChI=1S/C27H28F3N3O2S/c1-4-8-22-16-24-18(3)15-21(5-2)31-26(24)33(22)17-19-11-13-20(14-12-19)23-9-6-7-10-25(23)32-36(34,35)27(28,29)30/h6-7,9-16,32H,4-5,8,17H2,1-3H3. The van der Waals surface area contributed by atoms with Crippen LogP contribution in [0, 0.1) is 6.92 Å². The van der Waals surface area contributed by atoms with Gasteiger partial charge in [-0.1, -0.05) is 62.7 Å². The minimum Gasteiger partial charge on any atom is -0.325 e. The molecule has 36 heavy (non-hydrogen) atoms. The number of halogens is 3. The minimum absolute atomic E-state index is 0.129. The van der Waals surface area contributed by atoms with Crippen LogP contribution in [-0.2, 0) is 29.4 Å². The average molecular weight is 516 g/mol. The van der Waals surface area contributed by atoms with E-state index in [0.717, 1.165) is 41.6 Å². The molecule has 0 saturated heterocycles. The highest BCUT2D eigenvalue weighted by Gasteiger charge is 2.46. The summed E-state index contributed by atoms with van der Waals surface area (Å²) in [7, 11) is -5.52. The van der Waals surface area contributed by atoms with Gasteiger partial charge in [-0.3, -0.25) is 4.72 Å². The molecule has 4 aromatic rings. The van der Waals surface area contributed by atoms with Gasteiger partial charge in [-0.05, 0) is 54.7 Å². The topological polar surface area (TPSA) is 64.0 Å². The predicted molar refractivity (Wildman–Crippen MR) is 137 cm³/mol. The first-order chi connectivity index (χ1) is 17.0. The van der Waals surface area contributed by atoms with E-state index in [1.165, 1.54) is 23.4 Å². The molecule has 0 aliphatic rings. The molecule has 0 aliphatic carbocycles. The van der Waals surface area contributed by atoms with Crippen LogP contribution < -0.4 is 4.72 Å². The van der Waals surface area contributed by atoms with Crippen LogP contribution in [0.15, 0.2) is 60.7 Å². The lowest BCUT2D eigenvalue weighted by molar-refractivity contribution is -0.0429. The molecule has 2 aromatic carbocycles. The van der Waals surface area contributed by atoms with Crippen LogP contribution in [0.1, 0.15) is 42.8 Å². The van der Waals surface area contributed by atoms with Gasteiger partial charge in [0.05, 0.1) is 5.69 Å². The Bertz CT molecular complexity index is 1490. The van der Waals surface area contributed by atoms with Crippen molar-refractivity contribution in [3.05, 3.63) is 83.2 Å². The van der Waals surface area contributed by atoms with Gasteiger partial charge in [0.2, 0.25) is 0 Å². The van der Waals surface area contributed by atoms with Crippen molar-refractivity contribution in [3.63, 3.8) is 0 Å². The molecule has 0 aliphatic heterocycles. The van der Waals surface area contributed by atoms with Gasteiger partial charge < -0.3 is 4.57 Å². The smallest absolute Gasteiger partial charge is 0.325 e. The van der Waals surface area contributed by atoms with Crippen molar-refractivity contribution in [2.45, 2.75) is 52.1 Å². The van der Waals surface area contributed by atoms with Crippen LogP contribution in [0.4, 0.5) is 18.9 Å². The second-order valence-corrected chi connectivity index (χ2v) is 10.5. The Kier molecular flexibility index (Phi) is 7.13. The van der Waals surface area contributed by atoms with Gasteiger partial charge in [0, 0.05) is 28.9 Å². The monoisotopic (exact) mass is 515 g/mol. The zero-order valence-corrected chi connectivity index (χ0v) is 21.2. The lowest BCUT2D eigenvalue weighted by Crippen LogP contribution is -2.30. The third-order valence-corrected chi connectivity index (χ3v) is 7.26. The fraction of sp³-hybridized carbons (Fsp3) is 0.296. The molecule has 190 valence electrons. The van der Waals surface area contributed by atoms with E-state index in [2.05, 4.69) is 37.5 Å². The number of aryl methyl sites for hydroxylation is 3. The molecule has 9 heteroatoms. The maximum atomic E-state index is 12.9. The van der Waals surface area contributed by atoms with E-state index in [4.69, 9.17) is 4.98 Å².